The van der Waals surface area contributed by atoms with Crippen molar-refractivity contribution in [2.24, 2.45) is 0 Å². The average Bonchev–Trinajstić information content (AvgIpc) is 2.55. The van der Waals surface area contributed by atoms with Crippen LogP contribution in [0.5, 0.6) is 0 Å². The maximum atomic E-state index is 6.39. The Kier molecular flexibility index (Phi) is 5.15. The Morgan fingerprint density at radius 2 is 1.61 bits per heavy atom. The van der Waals surface area contributed by atoms with Crippen molar-refractivity contribution in [2.75, 3.05) is 38.1 Å². The molecule has 2 nitrogen and oxygen atoms in total. The number of benzene rings is 2. The predicted molar refractivity (Wildman–Crippen MR) is 101 cm³/mol. The van der Waals surface area contributed by atoms with Gasteiger partial charge in [0.1, 0.15) is 0 Å². The molecule has 0 aromatic heterocycles. The van der Waals surface area contributed by atoms with Crippen molar-refractivity contribution < 1.29 is 0 Å². The van der Waals surface area contributed by atoms with Crippen molar-refractivity contribution in [3.05, 3.63) is 52.0 Å². The van der Waals surface area contributed by atoms with Crippen LogP contribution < -0.4 is 4.90 Å². The summed E-state index contributed by atoms with van der Waals surface area (Å²) in [5.74, 6) is 0. The van der Waals surface area contributed by atoms with Crippen LogP contribution in [0.25, 0.3) is 11.1 Å². The zero-order chi connectivity index (χ0) is 16.4. The molecule has 1 saturated heterocycles. The standard InChI is InChI=1S/C19H22Cl2N2/c1-3-14-7-8-15(19-16(20)5-4-6-17(19)21)13-18(14)23-11-9-22(2)10-12-23/h4-8,13H,3,9-12H2,1-2H3. The number of likely N-dealkylation sites (N-methyl/N-ethyl adjacent to an activating group) is 1. The highest BCUT2D eigenvalue weighted by molar-refractivity contribution is 6.39. The van der Waals surface area contributed by atoms with Crippen molar-refractivity contribution in [1.82, 2.24) is 4.90 Å². The summed E-state index contributed by atoms with van der Waals surface area (Å²) < 4.78 is 0. The third kappa shape index (κ3) is 3.50. The van der Waals surface area contributed by atoms with Crippen LogP contribution in [-0.4, -0.2) is 38.1 Å². The van der Waals surface area contributed by atoms with Gasteiger partial charge in [-0.3, -0.25) is 0 Å². The predicted octanol–water partition coefficient (Wildman–Crippen LogP) is 4.97. The van der Waals surface area contributed by atoms with Crippen LogP contribution in [0.2, 0.25) is 10.0 Å². The minimum absolute atomic E-state index is 0.700. The largest absolute Gasteiger partial charge is 0.369 e. The van der Waals surface area contributed by atoms with E-state index < -0.39 is 0 Å². The van der Waals surface area contributed by atoms with Crippen molar-refractivity contribution in [3.63, 3.8) is 0 Å². The zero-order valence-electron chi connectivity index (χ0n) is 13.6. The first kappa shape index (κ1) is 16.6. The Labute approximate surface area is 148 Å². The lowest BCUT2D eigenvalue weighted by Crippen LogP contribution is -2.44. The van der Waals surface area contributed by atoms with E-state index in [1.165, 1.54) is 11.3 Å². The first-order valence-corrected chi connectivity index (χ1v) is 8.86. The van der Waals surface area contributed by atoms with Gasteiger partial charge >= 0.3 is 0 Å². The van der Waals surface area contributed by atoms with E-state index in [9.17, 15) is 0 Å². The highest BCUT2D eigenvalue weighted by Crippen LogP contribution is 2.37. The van der Waals surface area contributed by atoms with Gasteiger partial charge in [-0.1, -0.05) is 48.3 Å². The van der Waals surface area contributed by atoms with E-state index in [1.807, 2.05) is 18.2 Å². The first-order valence-electron chi connectivity index (χ1n) is 8.11. The molecule has 23 heavy (non-hydrogen) atoms. The fourth-order valence-electron chi connectivity index (χ4n) is 3.13. The van der Waals surface area contributed by atoms with E-state index in [4.69, 9.17) is 23.2 Å². The molecule has 0 radical (unpaired) electrons. The van der Waals surface area contributed by atoms with Gasteiger partial charge < -0.3 is 9.80 Å². The van der Waals surface area contributed by atoms with Crippen LogP contribution in [0.3, 0.4) is 0 Å². The monoisotopic (exact) mass is 348 g/mol. The van der Waals surface area contributed by atoms with Gasteiger partial charge in [-0.05, 0) is 42.8 Å². The Bertz CT molecular complexity index is 672. The molecule has 1 aliphatic heterocycles. The van der Waals surface area contributed by atoms with E-state index in [0.717, 1.165) is 43.7 Å². The maximum absolute atomic E-state index is 6.39. The van der Waals surface area contributed by atoms with E-state index in [1.54, 1.807) is 0 Å². The summed E-state index contributed by atoms with van der Waals surface area (Å²) in [6.45, 7) is 6.52. The van der Waals surface area contributed by atoms with Gasteiger partial charge in [0.15, 0.2) is 0 Å². The number of rotatable bonds is 3. The van der Waals surface area contributed by atoms with Crippen LogP contribution >= 0.6 is 23.2 Å². The normalized spacial score (nSPS) is 15.9. The number of halogens is 2. The molecule has 0 atom stereocenters. The van der Waals surface area contributed by atoms with Gasteiger partial charge in [0.2, 0.25) is 0 Å². The van der Waals surface area contributed by atoms with Crippen LogP contribution in [0.1, 0.15) is 12.5 Å². The fraction of sp³-hybridized carbons (Fsp3) is 0.368. The maximum Gasteiger partial charge on any atom is 0.0499 e. The van der Waals surface area contributed by atoms with Gasteiger partial charge in [0.05, 0.1) is 0 Å². The molecular weight excluding hydrogens is 327 g/mol. The second-order valence-electron chi connectivity index (χ2n) is 6.08. The van der Waals surface area contributed by atoms with Gasteiger partial charge in [-0.15, -0.1) is 0 Å². The van der Waals surface area contributed by atoms with Crippen molar-refractivity contribution in [2.45, 2.75) is 13.3 Å². The minimum Gasteiger partial charge on any atom is -0.369 e. The smallest absolute Gasteiger partial charge is 0.0499 e. The number of hydrogen-bond acceptors (Lipinski definition) is 2. The highest BCUT2D eigenvalue weighted by atomic mass is 35.5. The van der Waals surface area contributed by atoms with Crippen molar-refractivity contribution in [1.29, 1.82) is 0 Å². The lowest BCUT2D eigenvalue weighted by Gasteiger charge is -2.35. The Balaban J connectivity index is 2.02. The van der Waals surface area contributed by atoms with Crippen molar-refractivity contribution in [3.8, 4) is 11.1 Å². The van der Waals surface area contributed by atoms with Gasteiger partial charge in [0.25, 0.3) is 0 Å². The van der Waals surface area contributed by atoms with Crippen molar-refractivity contribution >= 4 is 28.9 Å². The lowest BCUT2D eigenvalue weighted by atomic mass is 10.00. The second kappa shape index (κ2) is 7.12. The molecule has 0 N–H and O–H groups in total. The summed E-state index contributed by atoms with van der Waals surface area (Å²) in [7, 11) is 2.18. The molecule has 1 heterocycles. The molecule has 1 fully saturated rings. The minimum atomic E-state index is 0.700. The quantitative estimate of drug-likeness (QED) is 0.772. The highest BCUT2D eigenvalue weighted by Gasteiger charge is 2.18. The van der Waals surface area contributed by atoms with E-state index in [-0.39, 0.29) is 0 Å². The molecule has 0 saturated carbocycles. The molecule has 2 aromatic rings. The zero-order valence-corrected chi connectivity index (χ0v) is 15.2. The molecule has 0 amide bonds. The van der Waals surface area contributed by atoms with Crippen LogP contribution in [0.4, 0.5) is 5.69 Å². The molecule has 0 bridgehead atoms. The second-order valence-corrected chi connectivity index (χ2v) is 6.90. The van der Waals surface area contributed by atoms with Crippen LogP contribution in [0, 0.1) is 0 Å². The molecule has 122 valence electrons. The average molecular weight is 349 g/mol. The number of nitrogens with zero attached hydrogens (tertiary/aromatic N) is 2. The molecule has 0 aliphatic carbocycles. The molecule has 4 heteroatoms. The van der Waals surface area contributed by atoms with Gasteiger partial charge in [0, 0.05) is 47.5 Å². The summed E-state index contributed by atoms with van der Waals surface area (Å²) in [5.41, 5.74) is 4.70. The summed E-state index contributed by atoms with van der Waals surface area (Å²) >= 11 is 12.8. The molecular formula is C19H22Cl2N2. The molecule has 0 spiro atoms. The number of anilines is 1. The molecule has 3 rings (SSSR count). The van der Waals surface area contributed by atoms with E-state index in [0.29, 0.717) is 10.0 Å². The summed E-state index contributed by atoms with van der Waals surface area (Å²) in [6, 6.07) is 12.3. The summed E-state index contributed by atoms with van der Waals surface area (Å²) in [4.78, 5) is 4.85. The third-order valence-electron chi connectivity index (χ3n) is 4.56. The van der Waals surface area contributed by atoms with Gasteiger partial charge in [-0.2, -0.15) is 0 Å². The first-order chi connectivity index (χ1) is 11.1. The van der Waals surface area contributed by atoms with E-state index >= 15 is 0 Å². The summed E-state index contributed by atoms with van der Waals surface area (Å²) in [6.07, 6.45) is 1.03. The fourth-order valence-corrected chi connectivity index (χ4v) is 3.75. The molecule has 2 aromatic carbocycles. The number of piperazine rings is 1. The van der Waals surface area contributed by atoms with E-state index in [2.05, 4.69) is 42.0 Å². The molecule has 1 aliphatic rings. The third-order valence-corrected chi connectivity index (χ3v) is 5.19. The Morgan fingerprint density at radius 3 is 2.22 bits per heavy atom. The van der Waals surface area contributed by atoms with Gasteiger partial charge in [-0.25, -0.2) is 0 Å². The number of aryl methyl sites for hydroxylation is 1. The topological polar surface area (TPSA) is 6.48 Å². The Morgan fingerprint density at radius 1 is 0.957 bits per heavy atom. The molecule has 0 unspecified atom stereocenters. The lowest BCUT2D eigenvalue weighted by molar-refractivity contribution is 0.312. The van der Waals surface area contributed by atoms with Crippen LogP contribution in [0.15, 0.2) is 36.4 Å². The van der Waals surface area contributed by atoms with Crippen LogP contribution in [-0.2, 0) is 6.42 Å². The summed E-state index contributed by atoms with van der Waals surface area (Å²) in [5, 5.41) is 1.40. The number of hydrogen-bond donors (Lipinski definition) is 0. The SMILES string of the molecule is CCc1ccc(-c2c(Cl)cccc2Cl)cc1N1CCN(C)CC1. The Hall–Kier alpha value is -1.22.